The van der Waals surface area contributed by atoms with E-state index >= 15 is 0 Å². The van der Waals surface area contributed by atoms with Gasteiger partial charge in [0, 0.05) is 5.69 Å². The summed E-state index contributed by atoms with van der Waals surface area (Å²) in [6, 6.07) is 13.6. The van der Waals surface area contributed by atoms with Crippen LogP contribution in [-0.2, 0) is 19.1 Å². The number of esters is 1. The van der Waals surface area contributed by atoms with E-state index in [1.807, 2.05) is 19.1 Å². The van der Waals surface area contributed by atoms with Crippen LogP contribution in [0.25, 0.3) is 0 Å². The number of imide groups is 1. The first-order chi connectivity index (χ1) is 15.4. The number of anilines is 2. The standard InChI is InChI=1S/C25H24N2O5/c1-14-5-2-3-8-19(14)26-20(28)13-32-25(31)17-6-4-7-18(12-17)27-23(29)21-15-9-10-16(11-15)22(21)24(27)30/h2-8,12,15-16,21-22H,9-11,13H2,1H3,(H,26,28)/t15-,16-,21+,22+/m0/s1. The highest BCUT2D eigenvalue weighted by Gasteiger charge is 2.61. The molecule has 1 N–H and O–H groups in total. The van der Waals surface area contributed by atoms with Gasteiger partial charge in [0.1, 0.15) is 0 Å². The summed E-state index contributed by atoms with van der Waals surface area (Å²) in [6.45, 7) is 1.43. The van der Waals surface area contributed by atoms with Gasteiger partial charge in [-0.3, -0.25) is 19.3 Å². The molecule has 5 rings (SSSR count). The summed E-state index contributed by atoms with van der Waals surface area (Å²) < 4.78 is 5.15. The van der Waals surface area contributed by atoms with Crippen molar-refractivity contribution in [2.24, 2.45) is 23.7 Å². The van der Waals surface area contributed by atoms with Gasteiger partial charge < -0.3 is 10.1 Å². The minimum Gasteiger partial charge on any atom is -0.452 e. The van der Waals surface area contributed by atoms with Crippen molar-refractivity contribution in [3.63, 3.8) is 0 Å². The van der Waals surface area contributed by atoms with Gasteiger partial charge in [0.2, 0.25) is 11.8 Å². The maximum Gasteiger partial charge on any atom is 0.338 e. The Morgan fingerprint density at radius 1 is 1.00 bits per heavy atom. The number of fused-ring (bicyclic) bond motifs is 5. The van der Waals surface area contributed by atoms with Gasteiger partial charge in [0.05, 0.1) is 23.1 Å². The first-order valence-electron chi connectivity index (χ1n) is 10.9. The predicted molar refractivity (Wildman–Crippen MR) is 117 cm³/mol. The summed E-state index contributed by atoms with van der Waals surface area (Å²) in [7, 11) is 0. The molecule has 1 saturated heterocycles. The monoisotopic (exact) mass is 432 g/mol. The first kappa shape index (κ1) is 20.4. The lowest BCUT2D eigenvalue weighted by Gasteiger charge is -2.19. The molecule has 0 radical (unpaired) electrons. The molecule has 0 aromatic heterocycles. The second-order valence-corrected chi connectivity index (χ2v) is 8.89. The Kier molecular flexibility index (Phi) is 5.04. The summed E-state index contributed by atoms with van der Waals surface area (Å²) in [5.41, 5.74) is 2.12. The number of nitrogens with zero attached hydrogens (tertiary/aromatic N) is 1. The Morgan fingerprint density at radius 3 is 2.38 bits per heavy atom. The number of para-hydroxylation sites is 1. The molecule has 32 heavy (non-hydrogen) atoms. The van der Waals surface area contributed by atoms with Gasteiger partial charge in [-0.15, -0.1) is 0 Å². The summed E-state index contributed by atoms with van der Waals surface area (Å²) in [5.74, 6) is -1.30. The van der Waals surface area contributed by atoms with Gasteiger partial charge in [0.15, 0.2) is 6.61 Å². The number of ether oxygens (including phenoxy) is 1. The topological polar surface area (TPSA) is 92.8 Å². The van der Waals surface area contributed by atoms with Gasteiger partial charge >= 0.3 is 5.97 Å². The van der Waals surface area contributed by atoms with E-state index in [0.717, 1.165) is 24.8 Å². The molecule has 164 valence electrons. The SMILES string of the molecule is Cc1ccccc1NC(=O)COC(=O)c1cccc(N2C(=O)[C@@H]3[C@H]4CC[C@@H](C4)[C@H]3C2=O)c1. The van der Waals surface area contributed by atoms with Crippen LogP contribution in [0.3, 0.4) is 0 Å². The van der Waals surface area contributed by atoms with Gasteiger partial charge in [-0.2, -0.15) is 0 Å². The van der Waals surface area contributed by atoms with Crippen molar-refractivity contribution in [2.45, 2.75) is 26.2 Å². The van der Waals surface area contributed by atoms with Crippen LogP contribution < -0.4 is 10.2 Å². The molecule has 0 spiro atoms. The van der Waals surface area contributed by atoms with Crippen molar-refractivity contribution < 1.29 is 23.9 Å². The van der Waals surface area contributed by atoms with Crippen molar-refractivity contribution in [1.82, 2.24) is 0 Å². The van der Waals surface area contributed by atoms with Crippen molar-refractivity contribution >= 4 is 35.1 Å². The number of hydrogen-bond donors (Lipinski definition) is 1. The number of rotatable bonds is 5. The van der Waals surface area contributed by atoms with Crippen LogP contribution in [0.2, 0.25) is 0 Å². The van der Waals surface area contributed by atoms with Crippen LogP contribution in [0.4, 0.5) is 11.4 Å². The van der Waals surface area contributed by atoms with E-state index in [1.165, 1.54) is 11.0 Å². The van der Waals surface area contributed by atoms with E-state index < -0.39 is 18.5 Å². The molecule has 7 heteroatoms. The Balaban J connectivity index is 1.26. The van der Waals surface area contributed by atoms with Crippen LogP contribution in [0.1, 0.15) is 35.2 Å². The number of hydrogen-bond acceptors (Lipinski definition) is 5. The smallest absolute Gasteiger partial charge is 0.338 e. The number of carbonyl (C=O) groups excluding carboxylic acids is 4. The number of amides is 3. The quantitative estimate of drug-likeness (QED) is 0.578. The molecule has 3 fully saturated rings. The Bertz CT molecular complexity index is 1100. The van der Waals surface area contributed by atoms with Crippen LogP contribution in [0.15, 0.2) is 48.5 Å². The fourth-order valence-electron chi connectivity index (χ4n) is 5.55. The second kappa shape index (κ2) is 7.89. The Labute approximate surface area is 185 Å². The van der Waals surface area contributed by atoms with E-state index in [0.29, 0.717) is 23.2 Å². The summed E-state index contributed by atoms with van der Waals surface area (Å²) in [6.07, 6.45) is 2.99. The fourth-order valence-corrected chi connectivity index (χ4v) is 5.55. The van der Waals surface area contributed by atoms with Crippen LogP contribution >= 0.6 is 0 Å². The number of carbonyl (C=O) groups is 4. The number of aryl methyl sites for hydroxylation is 1. The molecule has 4 atom stereocenters. The zero-order valence-electron chi connectivity index (χ0n) is 17.7. The second-order valence-electron chi connectivity index (χ2n) is 8.89. The van der Waals surface area contributed by atoms with Gasteiger partial charge in [-0.05, 0) is 67.9 Å². The third kappa shape index (κ3) is 3.38. The molecular formula is C25H24N2O5. The summed E-state index contributed by atoms with van der Waals surface area (Å²) in [5, 5.41) is 2.71. The third-order valence-corrected chi connectivity index (χ3v) is 7.02. The van der Waals surface area contributed by atoms with Gasteiger partial charge in [-0.25, -0.2) is 4.79 Å². The molecule has 2 saturated carbocycles. The lowest BCUT2D eigenvalue weighted by molar-refractivity contribution is -0.123. The molecule has 0 unspecified atom stereocenters. The van der Waals surface area contributed by atoms with E-state index in [2.05, 4.69) is 5.32 Å². The predicted octanol–water partition coefficient (Wildman–Crippen LogP) is 3.33. The van der Waals surface area contributed by atoms with E-state index in [4.69, 9.17) is 4.74 Å². The van der Waals surface area contributed by atoms with Crippen LogP contribution in [-0.4, -0.2) is 30.3 Å². The molecule has 2 bridgehead atoms. The largest absolute Gasteiger partial charge is 0.452 e. The normalized spacial score (nSPS) is 25.7. The average Bonchev–Trinajstić information content (AvgIpc) is 3.47. The highest BCUT2D eigenvalue weighted by atomic mass is 16.5. The van der Waals surface area contributed by atoms with E-state index in [9.17, 15) is 19.2 Å². The molecular weight excluding hydrogens is 408 g/mol. The Hall–Kier alpha value is -3.48. The minimum absolute atomic E-state index is 0.157. The lowest BCUT2D eigenvalue weighted by Crippen LogP contribution is -2.32. The van der Waals surface area contributed by atoms with E-state index in [1.54, 1.807) is 30.3 Å². The molecule has 2 aromatic carbocycles. The van der Waals surface area contributed by atoms with Crippen molar-refractivity contribution in [1.29, 1.82) is 0 Å². The van der Waals surface area contributed by atoms with Gasteiger partial charge in [-0.1, -0.05) is 24.3 Å². The highest BCUT2D eigenvalue weighted by molar-refractivity contribution is 6.22. The molecule has 1 aliphatic heterocycles. The van der Waals surface area contributed by atoms with E-state index in [-0.39, 0.29) is 29.2 Å². The first-order valence-corrected chi connectivity index (χ1v) is 10.9. The third-order valence-electron chi connectivity index (χ3n) is 7.02. The highest BCUT2D eigenvalue weighted by Crippen LogP contribution is 2.56. The maximum atomic E-state index is 13.0. The fraction of sp³-hybridized carbons (Fsp3) is 0.360. The summed E-state index contributed by atoms with van der Waals surface area (Å²) >= 11 is 0. The van der Waals surface area contributed by atoms with Crippen molar-refractivity contribution in [3.8, 4) is 0 Å². The zero-order chi connectivity index (χ0) is 22.4. The molecule has 1 heterocycles. The molecule has 2 aromatic rings. The Morgan fingerprint density at radius 2 is 1.69 bits per heavy atom. The van der Waals surface area contributed by atoms with Gasteiger partial charge in [0.25, 0.3) is 5.91 Å². The van der Waals surface area contributed by atoms with Crippen molar-refractivity contribution in [2.75, 3.05) is 16.8 Å². The maximum absolute atomic E-state index is 13.0. The molecule has 7 nitrogen and oxygen atoms in total. The minimum atomic E-state index is -0.689. The number of benzene rings is 2. The molecule has 3 amide bonds. The average molecular weight is 432 g/mol. The lowest BCUT2D eigenvalue weighted by atomic mass is 9.81. The van der Waals surface area contributed by atoms with Crippen molar-refractivity contribution in [3.05, 3.63) is 59.7 Å². The molecule has 2 aliphatic carbocycles. The summed E-state index contributed by atoms with van der Waals surface area (Å²) in [4.78, 5) is 52.0. The van der Waals surface area contributed by atoms with Crippen LogP contribution in [0.5, 0.6) is 0 Å². The van der Waals surface area contributed by atoms with Crippen LogP contribution in [0, 0.1) is 30.6 Å². The number of nitrogens with one attached hydrogen (secondary N) is 1. The molecule has 3 aliphatic rings. The zero-order valence-corrected chi connectivity index (χ0v) is 17.7.